The van der Waals surface area contributed by atoms with Gasteiger partial charge in [0.2, 0.25) is 0 Å². The topological polar surface area (TPSA) is 51.2 Å². The highest BCUT2D eigenvalue weighted by Gasteiger charge is 2.15. The molecule has 110 valence electrons. The average molecular weight is 297 g/mol. The highest BCUT2D eigenvalue weighted by molar-refractivity contribution is 6.30. The molecule has 1 heterocycles. The Morgan fingerprint density at radius 3 is 2.75 bits per heavy atom. The van der Waals surface area contributed by atoms with Gasteiger partial charge < -0.3 is 10.1 Å². The van der Waals surface area contributed by atoms with Crippen molar-refractivity contribution in [3.05, 3.63) is 34.6 Å². The van der Waals surface area contributed by atoms with Gasteiger partial charge in [-0.15, -0.1) is 0 Å². The number of aromatic nitrogens is 1. The van der Waals surface area contributed by atoms with Crippen LogP contribution in [-0.4, -0.2) is 23.2 Å². The van der Waals surface area contributed by atoms with Crippen molar-refractivity contribution < 1.29 is 9.53 Å². The summed E-state index contributed by atoms with van der Waals surface area (Å²) in [6.07, 6.45) is 4.13. The molecule has 5 heteroatoms. The molecule has 1 aromatic heterocycles. The van der Waals surface area contributed by atoms with E-state index < -0.39 is 11.7 Å². The van der Waals surface area contributed by atoms with E-state index in [9.17, 15) is 4.79 Å². The molecule has 0 saturated heterocycles. The molecule has 4 nitrogen and oxygen atoms in total. The number of aryl methyl sites for hydroxylation is 1. The van der Waals surface area contributed by atoms with Gasteiger partial charge >= 0.3 is 6.09 Å². The fourth-order valence-electron chi connectivity index (χ4n) is 1.44. The summed E-state index contributed by atoms with van der Waals surface area (Å²) in [5, 5.41) is 3.18. The van der Waals surface area contributed by atoms with Crippen LogP contribution in [0, 0.1) is 6.92 Å². The third kappa shape index (κ3) is 6.57. The summed E-state index contributed by atoms with van der Waals surface area (Å²) >= 11 is 6.01. The van der Waals surface area contributed by atoms with Crippen LogP contribution in [0.5, 0.6) is 0 Å². The van der Waals surface area contributed by atoms with Gasteiger partial charge in [-0.3, -0.25) is 0 Å². The van der Waals surface area contributed by atoms with Crippen LogP contribution < -0.4 is 5.32 Å². The number of carbonyl (C=O) groups excluding carboxylic acids is 1. The number of nitrogens with one attached hydrogen (secondary N) is 1. The van der Waals surface area contributed by atoms with E-state index in [2.05, 4.69) is 10.3 Å². The van der Waals surface area contributed by atoms with Crippen LogP contribution in [0.15, 0.2) is 18.2 Å². The maximum Gasteiger partial charge on any atom is 0.407 e. The van der Waals surface area contributed by atoms with Gasteiger partial charge in [0.25, 0.3) is 0 Å². The molecule has 0 aliphatic rings. The van der Waals surface area contributed by atoms with E-state index in [0.29, 0.717) is 18.1 Å². The third-order valence-corrected chi connectivity index (χ3v) is 2.60. The van der Waals surface area contributed by atoms with Crippen molar-refractivity contribution in [1.29, 1.82) is 0 Å². The summed E-state index contributed by atoms with van der Waals surface area (Å²) < 4.78 is 5.13. The van der Waals surface area contributed by atoms with E-state index in [1.54, 1.807) is 0 Å². The van der Waals surface area contributed by atoms with Gasteiger partial charge in [0.15, 0.2) is 0 Å². The molecule has 0 bridgehead atoms. The van der Waals surface area contributed by atoms with Gasteiger partial charge in [0, 0.05) is 17.8 Å². The molecular formula is C15H21ClN2O2. The third-order valence-electron chi connectivity index (χ3n) is 2.29. The van der Waals surface area contributed by atoms with Gasteiger partial charge in [0.1, 0.15) is 10.8 Å². The second-order valence-electron chi connectivity index (χ2n) is 5.45. The number of nitrogens with zero attached hydrogens (tertiary/aromatic N) is 1. The molecule has 1 aromatic rings. The van der Waals surface area contributed by atoms with Gasteiger partial charge in [-0.25, -0.2) is 9.78 Å². The number of hydrogen-bond acceptors (Lipinski definition) is 3. The second-order valence-corrected chi connectivity index (χ2v) is 5.81. The highest BCUT2D eigenvalue weighted by atomic mass is 35.5. The summed E-state index contributed by atoms with van der Waals surface area (Å²) in [6, 6.07) is 3.83. The number of hydrogen-bond donors (Lipinski definition) is 1. The number of rotatable bonds is 4. The normalized spacial score (nSPS) is 11.7. The molecule has 0 atom stereocenters. The Morgan fingerprint density at radius 2 is 2.15 bits per heavy atom. The van der Waals surface area contributed by atoms with Crippen molar-refractivity contribution >= 4 is 23.8 Å². The summed E-state index contributed by atoms with van der Waals surface area (Å²) in [5.74, 6) is 0. The lowest BCUT2D eigenvalue weighted by Gasteiger charge is -2.19. The Balaban J connectivity index is 2.34. The molecule has 1 rings (SSSR count). The van der Waals surface area contributed by atoms with Crippen LogP contribution in [-0.2, 0) is 4.74 Å². The molecule has 1 amide bonds. The van der Waals surface area contributed by atoms with Crippen LogP contribution in [0.2, 0.25) is 5.15 Å². The fraction of sp³-hybridized carbons (Fsp3) is 0.467. The Bertz CT molecular complexity index is 493. The van der Waals surface area contributed by atoms with Crippen LogP contribution >= 0.6 is 11.6 Å². The lowest BCUT2D eigenvalue weighted by Crippen LogP contribution is -2.32. The van der Waals surface area contributed by atoms with Crippen molar-refractivity contribution in [1.82, 2.24) is 10.3 Å². The summed E-state index contributed by atoms with van der Waals surface area (Å²) in [7, 11) is 0. The van der Waals surface area contributed by atoms with Gasteiger partial charge in [-0.1, -0.05) is 29.8 Å². The smallest absolute Gasteiger partial charge is 0.407 e. The number of carbonyl (C=O) groups is 1. The van der Waals surface area contributed by atoms with E-state index in [0.717, 1.165) is 11.3 Å². The SMILES string of the molecule is Cc1ccc(C=CCCNC(=O)OC(C)(C)C)c(Cl)n1. The first-order chi connectivity index (χ1) is 9.28. The predicted octanol–water partition coefficient (Wildman–Crippen LogP) is 3.97. The first kappa shape index (κ1) is 16.5. The van der Waals surface area contributed by atoms with Crippen molar-refractivity contribution in [2.24, 2.45) is 0 Å². The van der Waals surface area contributed by atoms with Gasteiger partial charge in [0.05, 0.1) is 0 Å². The van der Waals surface area contributed by atoms with Crippen LogP contribution in [0.1, 0.15) is 38.4 Å². The Kier molecular flexibility index (Phi) is 6.02. The van der Waals surface area contributed by atoms with E-state index in [-0.39, 0.29) is 0 Å². The highest BCUT2D eigenvalue weighted by Crippen LogP contribution is 2.15. The van der Waals surface area contributed by atoms with Crippen molar-refractivity contribution in [2.75, 3.05) is 6.54 Å². The molecule has 20 heavy (non-hydrogen) atoms. The summed E-state index contributed by atoms with van der Waals surface area (Å²) in [6.45, 7) is 7.91. The minimum Gasteiger partial charge on any atom is -0.444 e. The minimum atomic E-state index is -0.471. The molecule has 0 radical (unpaired) electrons. The maximum atomic E-state index is 11.4. The summed E-state index contributed by atoms with van der Waals surface area (Å²) in [4.78, 5) is 15.6. The van der Waals surface area contributed by atoms with E-state index >= 15 is 0 Å². The maximum absolute atomic E-state index is 11.4. The lowest BCUT2D eigenvalue weighted by molar-refractivity contribution is 0.0529. The van der Waals surface area contributed by atoms with E-state index in [1.165, 1.54) is 0 Å². The Morgan fingerprint density at radius 1 is 1.45 bits per heavy atom. The molecule has 0 aromatic carbocycles. The van der Waals surface area contributed by atoms with Crippen LogP contribution in [0.4, 0.5) is 4.79 Å². The largest absolute Gasteiger partial charge is 0.444 e. The Hall–Kier alpha value is -1.55. The molecular weight excluding hydrogens is 276 g/mol. The number of pyridine rings is 1. The molecule has 0 saturated carbocycles. The number of amides is 1. The first-order valence-electron chi connectivity index (χ1n) is 6.54. The molecule has 0 aliphatic heterocycles. The second kappa shape index (κ2) is 7.29. The lowest BCUT2D eigenvalue weighted by atomic mass is 10.2. The zero-order valence-electron chi connectivity index (χ0n) is 12.4. The van der Waals surface area contributed by atoms with Crippen molar-refractivity contribution in [3.8, 4) is 0 Å². The van der Waals surface area contributed by atoms with Crippen molar-refractivity contribution in [3.63, 3.8) is 0 Å². The zero-order chi connectivity index (χ0) is 15.2. The standard InChI is InChI=1S/C15H21ClN2O2/c1-11-8-9-12(13(16)18-11)7-5-6-10-17-14(19)20-15(2,3)4/h5,7-9H,6,10H2,1-4H3,(H,17,19). The van der Waals surface area contributed by atoms with Crippen LogP contribution in [0.25, 0.3) is 6.08 Å². The van der Waals surface area contributed by atoms with Crippen LogP contribution in [0.3, 0.4) is 0 Å². The fourth-order valence-corrected chi connectivity index (χ4v) is 1.70. The number of ether oxygens (including phenoxy) is 1. The molecule has 0 spiro atoms. The average Bonchev–Trinajstić information content (AvgIpc) is 2.28. The van der Waals surface area contributed by atoms with Crippen molar-refractivity contribution in [2.45, 2.75) is 39.7 Å². The number of alkyl carbamates (subject to hydrolysis) is 1. The minimum absolute atomic E-state index is 0.402. The molecule has 0 unspecified atom stereocenters. The number of halogens is 1. The first-order valence-corrected chi connectivity index (χ1v) is 6.92. The molecule has 1 N–H and O–H groups in total. The molecule has 0 fully saturated rings. The van der Waals surface area contributed by atoms with Gasteiger partial charge in [-0.2, -0.15) is 0 Å². The predicted molar refractivity (Wildman–Crippen MR) is 81.9 cm³/mol. The quantitative estimate of drug-likeness (QED) is 0.675. The van der Waals surface area contributed by atoms with E-state index in [1.807, 2.05) is 52.0 Å². The van der Waals surface area contributed by atoms with Gasteiger partial charge in [-0.05, 0) is 40.2 Å². The summed E-state index contributed by atoms with van der Waals surface area (Å²) in [5.41, 5.74) is 1.29. The zero-order valence-corrected chi connectivity index (χ0v) is 13.1. The molecule has 0 aliphatic carbocycles. The monoisotopic (exact) mass is 296 g/mol. The van der Waals surface area contributed by atoms with E-state index in [4.69, 9.17) is 16.3 Å². The Labute approximate surface area is 125 Å².